The quantitative estimate of drug-likeness (QED) is 0.0532. The number of likely N-dealkylation sites (tertiary alicyclic amines) is 1. The van der Waals surface area contributed by atoms with Gasteiger partial charge in [-0.3, -0.25) is 19.7 Å². The molecule has 16 nitrogen and oxygen atoms in total. The minimum Gasteiger partial charge on any atom is -0.457 e. The van der Waals surface area contributed by atoms with E-state index in [2.05, 4.69) is 21.4 Å². The van der Waals surface area contributed by atoms with Gasteiger partial charge in [-0.25, -0.2) is 14.6 Å². The maximum atomic E-state index is 13.0. The van der Waals surface area contributed by atoms with E-state index >= 15 is 0 Å². The molecule has 17 heteroatoms. The number of aromatic nitrogens is 5. The van der Waals surface area contributed by atoms with Crippen molar-refractivity contribution in [1.82, 2.24) is 34.5 Å². The number of carbonyl (C=O) groups excluding carboxylic acids is 3. The summed E-state index contributed by atoms with van der Waals surface area (Å²) >= 11 is 1.70. The second kappa shape index (κ2) is 20.8. The first-order valence-electron chi connectivity index (χ1n) is 20.9. The molecule has 1 unspecified atom stereocenters. The molecule has 324 valence electrons. The van der Waals surface area contributed by atoms with E-state index < -0.39 is 0 Å². The number of anilines is 1. The molecule has 3 aromatic heterocycles. The maximum Gasteiger partial charge on any atom is 0.249 e. The third-order valence-electron chi connectivity index (χ3n) is 10.9. The van der Waals surface area contributed by atoms with Crippen LogP contribution in [0.2, 0.25) is 0 Å². The highest BCUT2D eigenvalue weighted by Gasteiger charge is 2.29. The molecule has 0 bridgehead atoms. The van der Waals surface area contributed by atoms with Crippen LogP contribution in [0, 0.1) is 0 Å². The lowest BCUT2D eigenvalue weighted by molar-refractivity contribution is -0.138. The van der Waals surface area contributed by atoms with Gasteiger partial charge in [-0.2, -0.15) is 5.10 Å². The van der Waals surface area contributed by atoms with E-state index in [1.54, 1.807) is 11.8 Å². The van der Waals surface area contributed by atoms with Gasteiger partial charge in [-0.1, -0.05) is 30.3 Å². The first-order chi connectivity index (χ1) is 30.4. The standard InChI is InChI=1S/C45H50N8O8S/c46-43-41-42(31-9-11-35(12-10-31)61-34-6-2-1-3-7-34)50-53(44(41)48-30-47-43)33-15-17-51(18-16-33)40(55)29-60-24-23-58-20-19-57-21-22-59-25-26-62-38-8-4-5-32-27-52(28-36(32)38)37-13-14-39(54)49-45(37)56/h1-12,27-28,30,33,37H,13-26,29H2,(H2,46,47,48)(H,49,54,56). The minimum atomic E-state index is -0.374. The van der Waals surface area contributed by atoms with Gasteiger partial charge in [0.05, 0.1) is 57.7 Å². The lowest BCUT2D eigenvalue weighted by Gasteiger charge is -2.32. The molecule has 0 saturated carbocycles. The normalized spacial score (nSPS) is 16.0. The van der Waals surface area contributed by atoms with E-state index in [4.69, 9.17) is 34.5 Å². The monoisotopic (exact) mass is 862 g/mol. The number of nitrogen functional groups attached to an aromatic ring is 1. The summed E-state index contributed by atoms with van der Waals surface area (Å²) in [6.45, 7) is 4.15. The smallest absolute Gasteiger partial charge is 0.249 e. The number of amides is 3. The summed E-state index contributed by atoms with van der Waals surface area (Å²) in [4.78, 5) is 48.6. The molecule has 1 atom stereocenters. The molecular weight excluding hydrogens is 813 g/mol. The molecule has 2 aliphatic heterocycles. The van der Waals surface area contributed by atoms with E-state index in [9.17, 15) is 14.4 Å². The molecule has 6 aromatic rings. The molecule has 5 heterocycles. The number of nitrogens with one attached hydrogen (secondary N) is 1. The minimum absolute atomic E-state index is 0.00695. The van der Waals surface area contributed by atoms with Crippen molar-refractivity contribution in [2.24, 2.45) is 0 Å². The Bertz CT molecular complexity index is 2450. The number of hydrogen-bond donors (Lipinski definition) is 2. The molecule has 3 N–H and O–H groups in total. The number of fused-ring (bicyclic) bond motifs is 2. The highest BCUT2D eigenvalue weighted by Crippen LogP contribution is 2.36. The van der Waals surface area contributed by atoms with Gasteiger partial charge in [-0.05, 0) is 61.7 Å². The number of imide groups is 1. The number of rotatable bonds is 20. The summed E-state index contributed by atoms with van der Waals surface area (Å²) in [5.41, 5.74) is 8.62. The number of nitrogens with two attached hydrogens (primary N) is 1. The summed E-state index contributed by atoms with van der Waals surface area (Å²) in [6.07, 6.45) is 7.69. The van der Waals surface area contributed by atoms with Crippen LogP contribution in [0.4, 0.5) is 5.82 Å². The molecule has 0 radical (unpaired) electrons. The molecule has 2 fully saturated rings. The molecule has 0 aliphatic carbocycles. The van der Waals surface area contributed by atoms with Gasteiger partial charge in [0.15, 0.2) is 5.65 Å². The lowest BCUT2D eigenvalue weighted by Crippen LogP contribution is -2.41. The van der Waals surface area contributed by atoms with Gasteiger partial charge in [0.25, 0.3) is 0 Å². The Morgan fingerprint density at radius 2 is 1.50 bits per heavy atom. The summed E-state index contributed by atoms with van der Waals surface area (Å²) in [6, 6.07) is 23.1. The number of para-hydroxylation sites is 1. The van der Waals surface area contributed by atoms with E-state index in [1.165, 1.54) is 6.33 Å². The highest BCUT2D eigenvalue weighted by molar-refractivity contribution is 7.99. The zero-order valence-corrected chi connectivity index (χ0v) is 35.2. The Hall–Kier alpha value is -5.85. The fourth-order valence-electron chi connectivity index (χ4n) is 7.67. The molecule has 8 rings (SSSR count). The summed E-state index contributed by atoms with van der Waals surface area (Å²) in [5, 5.41) is 10.3. The topological polar surface area (TPSA) is 187 Å². The van der Waals surface area contributed by atoms with Crippen molar-refractivity contribution in [1.29, 1.82) is 0 Å². The van der Waals surface area contributed by atoms with Gasteiger partial charge in [-0.15, -0.1) is 11.8 Å². The molecule has 3 aromatic carbocycles. The molecule has 3 amide bonds. The van der Waals surface area contributed by atoms with Crippen LogP contribution in [-0.2, 0) is 33.3 Å². The van der Waals surface area contributed by atoms with Crippen LogP contribution in [0.5, 0.6) is 11.5 Å². The SMILES string of the molecule is Nc1ncnc2c1c(-c1ccc(Oc3ccccc3)cc1)nn2C1CCN(C(=O)COCCOCCOCCOCCSc2cccc3cn(C4CCC(=O)NC4=O)cc23)CC1. The van der Waals surface area contributed by atoms with Crippen LogP contribution in [-0.4, -0.2) is 119 Å². The average Bonchev–Trinajstić information content (AvgIpc) is 3.91. The van der Waals surface area contributed by atoms with Gasteiger partial charge >= 0.3 is 0 Å². The fourth-order valence-corrected chi connectivity index (χ4v) is 8.59. The predicted molar refractivity (Wildman–Crippen MR) is 234 cm³/mol. The molecule has 2 saturated heterocycles. The number of piperidine rings is 2. The average molecular weight is 863 g/mol. The third kappa shape index (κ3) is 10.6. The Morgan fingerprint density at radius 1 is 0.790 bits per heavy atom. The number of hydrogen-bond acceptors (Lipinski definition) is 13. The van der Waals surface area contributed by atoms with Gasteiger partial charge < -0.3 is 38.9 Å². The maximum absolute atomic E-state index is 13.0. The second-order valence-corrected chi connectivity index (χ2v) is 16.1. The Labute approximate surface area is 363 Å². The second-order valence-electron chi connectivity index (χ2n) is 15.0. The zero-order valence-electron chi connectivity index (χ0n) is 34.4. The van der Waals surface area contributed by atoms with Gasteiger partial charge in [0.1, 0.15) is 42.0 Å². The van der Waals surface area contributed by atoms with Crippen molar-refractivity contribution < 1.29 is 38.1 Å². The van der Waals surface area contributed by atoms with Crippen molar-refractivity contribution in [3.8, 4) is 22.8 Å². The Kier molecular flexibility index (Phi) is 14.4. The number of nitrogens with zero attached hydrogens (tertiary/aromatic N) is 6. The first kappa shape index (κ1) is 42.8. The van der Waals surface area contributed by atoms with Crippen LogP contribution in [0.3, 0.4) is 0 Å². The van der Waals surface area contributed by atoms with Crippen LogP contribution in [0.15, 0.2) is 96.4 Å². The van der Waals surface area contributed by atoms with E-state index in [0.29, 0.717) is 113 Å². The van der Waals surface area contributed by atoms with Crippen molar-refractivity contribution >= 4 is 57.1 Å². The number of benzene rings is 3. The van der Waals surface area contributed by atoms with E-state index in [-0.39, 0.29) is 36.4 Å². The van der Waals surface area contributed by atoms with Gasteiger partial charge in [0, 0.05) is 58.9 Å². The summed E-state index contributed by atoms with van der Waals surface area (Å²) in [5.74, 6) is 2.08. The van der Waals surface area contributed by atoms with Crippen molar-refractivity contribution in [3.63, 3.8) is 0 Å². The summed E-state index contributed by atoms with van der Waals surface area (Å²) < 4.78 is 32.5. The Balaban J connectivity index is 0.678. The third-order valence-corrected chi connectivity index (χ3v) is 11.9. The lowest BCUT2D eigenvalue weighted by atomic mass is 10.1. The number of ether oxygens (including phenoxy) is 5. The van der Waals surface area contributed by atoms with Crippen molar-refractivity contribution in [2.75, 3.05) is 77.4 Å². The highest BCUT2D eigenvalue weighted by atomic mass is 32.2. The molecular formula is C45H50N8O8S. The molecule has 2 aliphatic rings. The van der Waals surface area contributed by atoms with E-state index in [1.807, 2.05) is 93.3 Å². The largest absolute Gasteiger partial charge is 0.457 e. The van der Waals surface area contributed by atoms with Crippen LogP contribution in [0.25, 0.3) is 33.1 Å². The van der Waals surface area contributed by atoms with Crippen LogP contribution >= 0.6 is 11.8 Å². The van der Waals surface area contributed by atoms with Crippen molar-refractivity contribution in [3.05, 3.63) is 91.5 Å². The summed E-state index contributed by atoms with van der Waals surface area (Å²) in [7, 11) is 0. The zero-order chi connectivity index (χ0) is 42.7. The van der Waals surface area contributed by atoms with Crippen molar-refractivity contribution in [2.45, 2.75) is 42.7 Å². The van der Waals surface area contributed by atoms with Crippen LogP contribution < -0.4 is 15.8 Å². The molecule has 62 heavy (non-hydrogen) atoms. The number of thioether (sulfide) groups is 1. The fraction of sp³-hybridized carbons (Fsp3) is 0.378. The van der Waals surface area contributed by atoms with E-state index in [0.717, 1.165) is 32.7 Å². The molecule has 0 spiro atoms. The number of carbonyl (C=O) groups is 3. The first-order valence-corrected chi connectivity index (χ1v) is 21.9. The Morgan fingerprint density at radius 3 is 2.24 bits per heavy atom. The predicted octanol–water partition coefficient (Wildman–Crippen LogP) is 5.82. The van der Waals surface area contributed by atoms with Crippen LogP contribution in [0.1, 0.15) is 37.8 Å². The van der Waals surface area contributed by atoms with Gasteiger partial charge in [0.2, 0.25) is 17.7 Å².